The van der Waals surface area contributed by atoms with Gasteiger partial charge in [0.2, 0.25) is 5.88 Å². The third-order valence-corrected chi connectivity index (χ3v) is 4.67. The zero-order valence-corrected chi connectivity index (χ0v) is 15.7. The molecule has 0 spiro atoms. The maximum atomic E-state index is 13.4. The third-order valence-electron chi connectivity index (χ3n) is 4.67. The highest BCUT2D eigenvalue weighted by molar-refractivity contribution is 5.96. The maximum Gasteiger partial charge on any atom is 0.257 e. The Hall–Kier alpha value is -2.47. The summed E-state index contributed by atoms with van der Waals surface area (Å²) < 4.78 is 24.6. The van der Waals surface area contributed by atoms with Crippen LogP contribution in [-0.4, -0.2) is 30.7 Å². The minimum Gasteiger partial charge on any atom is -0.477 e. The van der Waals surface area contributed by atoms with Gasteiger partial charge in [0.15, 0.2) is 0 Å². The van der Waals surface area contributed by atoms with Crippen LogP contribution >= 0.6 is 0 Å². The second-order valence-electron chi connectivity index (χ2n) is 7.22. The van der Waals surface area contributed by atoms with Crippen LogP contribution in [0, 0.1) is 11.7 Å². The molecular formula is C21H25FN2O3. The molecule has 0 atom stereocenters. The highest BCUT2D eigenvalue weighted by Gasteiger charge is 2.36. The number of carbonyl (C=O) groups is 1. The van der Waals surface area contributed by atoms with Gasteiger partial charge in [-0.3, -0.25) is 4.79 Å². The fraction of sp³-hybridized carbons (Fsp3) is 0.429. The van der Waals surface area contributed by atoms with E-state index in [0.29, 0.717) is 50.0 Å². The van der Waals surface area contributed by atoms with Crippen molar-refractivity contribution in [1.29, 1.82) is 0 Å². The van der Waals surface area contributed by atoms with E-state index < -0.39 is 5.54 Å². The lowest BCUT2D eigenvalue weighted by molar-refractivity contribution is 0.0344. The molecule has 1 aromatic heterocycles. The van der Waals surface area contributed by atoms with Gasteiger partial charge in [0.25, 0.3) is 5.91 Å². The van der Waals surface area contributed by atoms with Crippen molar-refractivity contribution in [3.63, 3.8) is 0 Å². The summed E-state index contributed by atoms with van der Waals surface area (Å²) in [5.74, 6) is 0.0889. The number of pyridine rings is 1. The predicted molar refractivity (Wildman–Crippen MR) is 100 cm³/mol. The first-order valence-corrected chi connectivity index (χ1v) is 9.24. The minimum absolute atomic E-state index is 0.256. The van der Waals surface area contributed by atoms with Gasteiger partial charge < -0.3 is 14.8 Å². The minimum atomic E-state index is -0.603. The van der Waals surface area contributed by atoms with Crippen LogP contribution in [0.1, 0.15) is 42.6 Å². The van der Waals surface area contributed by atoms with Gasteiger partial charge in [0, 0.05) is 19.4 Å². The first kappa shape index (κ1) is 19.3. The molecule has 2 heterocycles. The Morgan fingerprint density at radius 1 is 1.26 bits per heavy atom. The average molecular weight is 372 g/mol. The highest BCUT2D eigenvalue weighted by Crippen LogP contribution is 2.33. The SMILES string of the molecule is CC(C)COc1ncccc1C(=O)NC1(c2ccc(F)cc2)CCOCC1. The molecule has 1 N–H and O–H groups in total. The molecule has 0 radical (unpaired) electrons. The van der Waals surface area contributed by atoms with Crippen LogP contribution in [0.15, 0.2) is 42.6 Å². The Kier molecular flexibility index (Phi) is 6.06. The number of aromatic nitrogens is 1. The molecule has 1 fully saturated rings. The Balaban J connectivity index is 1.86. The molecule has 27 heavy (non-hydrogen) atoms. The van der Waals surface area contributed by atoms with E-state index in [-0.39, 0.29) is 11.7 Å². The number of amides is 1. The summed E-state index contributed by atoms with van der Waals surface area (Å²) in [6, 6.07) is 9.70. The topological polar surface area (TPSA) is 60.5 Å². The van der Waals surface area contributed by atoms with Crippen molar-refractivity contribution in [2.75, 3.05) is 19.8 Å². The standard InChI is InChI=1S/C21H25FN2O3/c1-15(2)14-27-20-18(4-3-11-23-20)19(25)24-21(9-12-26-13-10-21)16-5-7-17(22)8-6-16/h3-8,11,15H,9-10,12-14H2,1-2H3,(H,24,25). The Labute approximate surface area is 158 Å². The lowest BCUT2D eigenvalue weighted by Gasteiger charge is -2.38. The molecule has 0 aliphatic carbocycles. The van der Waals surface area contributed by atoms with Crippen LogP contribution in [0.3, 0.4) is 0 Å². The van der Waals surface area contributed by atoms with E-state index in [0.717, 1.165) is 5.56 Å². The van der Waals surface area contributed by atoms with Gasteiger partial charge in [-0.25, -0.2) is 9.37 Å². The molecule has 144 valence electrons. The molecule has 1 aliphatic heterocycles. The molecule has 1 aliphatic rings. The van der Waals surface area contributed by atoms with Crippen LogP contribution in [0.25, 0.3) is 0 Å². The average Bonchev–Trinajstić information content (AvgIpc) is 2.67. The van der Waals surface area contributed by atoms with Crippen molar-refractivity contribution in [1.82, 2.24) is 10.3 Å². The summed E-state index contributed by atoms with van der Waals surface area (Å²) in [4.78, 5) is 17.3. The van der Waals surface area contributed by atoms with Crippen molar-refractivity contribution in [2.24, 2.45) is 5.92 Å². The Morgan fingerprint density at radius 2 is 1.96 bits per heavy atom. The van der Waals surface area contributed by atoms with Gasteiger partial charge >= 0.3 is 0 Å². The molecule has 5 nitrogen and oxygen atoms in total. The van der Waals surface area contributed by atoms with E-state index >= 15 is 0 Å². The van der Waals surface area contributed by atoms with Gasteiger partial charge in [0.05, 0.1) is 12.1 Å². The second kappa shape index (κ2) is 8.48. The van der Waals surface area contributed by atoms with Gasteiger partial charge in [-0.2, -0.15) is 0 Å². The van der Waals surface area contributed by atoms with E-state index in [1.165, 1.54) is 12.1 Å². The predicted octanol–water partition coefficient (Wildman–Crippen LogP) is 3.69. The zero-order chi connectivity index (χ0) is 19.3. The number of hydrogen-bond acceptors (Lipinski definition) is 4. The van der Waals surface area contributed by atoms with Gasteiger partial charge in [-0.15, -0.1) is 0 Å². The lowest BCUT2D eigenvalue weighted by Crippen LogP contribution is -2.49. The largest absolute Gasteiger partial charge is 0.477 e. The fourth-order valence-corrected chi connectivity index (χ4v) is 3.18. The quantitative estimate of drug-likeness (QED) is 0.840. The van der Waals surface area contributed by atoms with Crippen LogP contribution in [0.4, 0.5) is 4.39 Å². The van der Waals surface area contributed by atoms with E-state index in [1.54, 1.807) is 30.5 Å². The van der Waals surface area contributed by atoms with E-state index in [4.69, 9.17) is 9.47 Å². The first-order chi connectivity index (χ1) is 13.0. The smallest absolute Gasteiger partial charge is 0.257 e. The molecule has 1 aromatic carbocycles. The number of ether oxygens (including phenoxy) is 2. The maximum absolute atomic E-state index is 13.4. The van der Waals surface area contributed by atoms with Crippen LogP contribution in [0.5, 0.6) is 5.88 Å². The van der Waals surface area contributed by atoms with Gasteiger partial charge in [-0.05, 0) is 48.6 Å². The summed E-state index contributed by atoms with van der Waals surface area (Å²) in [5.41, 5.74) is 0.661. The van der Waals surface area contributed by atoms with Crippen LogP contribution in [-0.2, 0) is 10.3 Å². The summed E-state index contributed by atoms with van der Waals surface area (Å²) in [6.07, 6.45) is 2.84. The van der Waals surface area contributed by atoms with Crippen LogP contribution < -0.4 is 10.1 Å². The molecule has 0 unspecified atom stereocenters. The molecular weight excluding hydrogens is 347 g/mol. The molecule has 2 aromatic rings. The number of nitrogens with zero attached hydrogens (tertiary/aromatic N) is 1. The molecule has 1 amide bonds. The number of hydrogen-bond donors (Lipinski definition) is 1. The van der Waals surface area contributed by atoms with Crippen molar-refractivity contribution < 1.29 is 18.7 Å². The van der Waals surface area contributed by atoms with Crippen LogP contribution in [0.2, 0.25) is 0 Å². The number of benzene rings is 1. The number of carbonyl (C=O) groups excluding carboxylic acids is 1. The van der Waals surface area contributed by atoms with E-state index in [9.17, 15) is 9.18 Å². The van der Waals surface area contributed by atoms with Crippen molar-refractivity contribution in [3.05, 3.63) is 59.5 Å². The summed E-state index contributed by atoms with van der Waals surface area (Å²) in [5, 5.41) is 3.15. The Morgan fingerprint density at radius 3 is 2.63 bits per heavy atom. The second-order valence-corrected chi connectivity index (χ2v) is 7.22. The molecule has 3 rings (SSSR count). The number of nitrogens with one attached hydrogen (secondary N) is 1. The zero-order valence-electron chi connectivity index (χ0n) is 15.7. The van der Waals surface area contributed by atoms with Crippen molar-refractivity contribution in [2.45, 2.75) is 32.2 Å². The molecule has 6 heteroatoms. The van der Waals surface area contributed by atoms with Crippen molar-refractivity contribution >= 4 is 5.91 Å². The Bertz CT molecular complexity index is 771. The fourth-order valence-electron chi connectivity index (χ4n) is 3.18. The molecule has 0 bridgehead atoms. The van der Waals surface area contributed by atoms with Gasteiger partial charge in [0.1, 0.15) is 11.4 Å². The van der Waals surface area contributed by atoms with E-state index in [1.807, 2.05) is 13.8 Å². The lowest BCUT2D eigenvalue weighted by atomic mass is 9.82. The van der Waals surface area contributed by atoms with Crippen molar-refractivity contribution in [3.8, 4) is 5.88 Å². The monoisotopic (exact) mass is 372 g/mol. The highest BCUT2D eigenvalue weighted by atomic mass is 19.1. The third kappa shape index (κ3) is 4.63. The molecule has 1 saturated heterocycles. The summed E-state index contributed by atoms with van der Waals surface area (Å²) >= 11 is 0. The van der Waals surface area contributed by atoms with Gasteiger partial charge in [-0.1, -0.05) is 26.0 Å². The summed E-state index contributed by atoms with van der Waals surface area (Å²) in [6.45, 7) is 5.61. The number of halogens is 1. The first-order valence-electron chi connectivity index (χ1n) is 9.24. The normalized spacial score (nSPS) is 16.1. The number of rotatable bonds is 6. The van der Waals surface area contributed by atoms with E-state index in [2.05, 4.69) is 10.3 Å². The summed E-state index contributed by atoms with van der Waals surface area (Å²) in [7, 11) is 0. The molecule has 0 saturated carbocycles.